The van der Waals surface area contributed by atoms with Crippen molar-refractivity contribution in [3.8, 4) is 0 Å². The van der Waals surface area contributed by atoms with Crippen molar-refractivity contribution in [2.75, 3.05) is 22.9 Å². The van der Waals surface area contributed by atoms with Crippen LogP contribution in [0.3, 0.4) is 0 Å². The highest BCUT2D eigenvalue weighted by molar-refractivity contribution is 6.00. The largest absolute Gasteiger partial charge is 0.352 e. The Morgan fingerprint density at radius 2 is 1.80 bits per heavy atom. The van der Waals surface area contributed by atoms with Crippen LogP contribution in [-0.2, 0) is 41.9 Å². The van der Waals surface area contributed by atoms with Gasteiger partial charge in [0.15, 0.2) is 0 Å². The third-order valence-corrected chi connectivity index (χ3v) is 7.62. The van der Waals surface area contributed by atoms with Crippen LogP contribution in [0.1, 0.15) is 40.7 Å². The number of pyridine rings is 1. The standard InChI is InChI=1S/C29H30N4O2/c34-28-15-25(19-33(28)26-10-9-21-6-3-7-23(21)14-26)29(35)31-17-20-8-11-27(30-16-20)32-13-12-22-4-1-2-5-24(22)18-32/h1-2,4-5,8-11,14,16,25H,3,6-7,12-13,15,17-19H2,(H,31,35). The van der Waals surface area contributed by atoms with Gasteiger partial charge in [0.2, 0.25) is 11.8 Å². The molecule has 1 aliphatic carbocycles. The van der Waals surface area contributed by atoms with Crippen LogP contribution in [-0.4, -0.2) is 29.9 Å². The molecule has 0 bridgehead atoms. The van der Waals surface area contributed by atoms with E-state index >= 15 is 0 Å². The number of fused-ring (bicyclic) bond motifs is 2. The molecule has 1 unspecified atom stereocenters. The van der Waals surface area contributed by atoms with Crippen LogP contribution in [0.4, 0.5) is 11.5 Å². The van der Waals surface area contributed by atoms with E-state index in [1.807, 2.05) is 24.4 Å². The van der Waals surface area contributed by atoms with E-state index in [4.69, 9.17) is 0 Å². The number of hydrogen-bond acceptors (Lipinski definition) is 4. The van der Waals surface area contributed by atoms with Gasteiger partial charge in [-0.1, -0.05) is 36.4 Å². The number of amides is 2. The third-order valence-electron chi connectivity index (χ3n) is 7.62. The smallest absolute Gasteiger partial charge is 0.227 e. The summed E-state index contributed by atoms with van der Waals surface area (Å²) in [6, 6.07) is 18.9. The molecular weight excluding hydrogens is 436 g/mol. The molecule has 3 heterocycles. The number of nitrogens with one attached hydrogen (secondary N) is 1. The van der Waals surface area contributed by atoms with Crippen LogP contribution in [0, 0.1) is 5.92 Å². The summed E-state index contributed by atoms with van der Waals surface area (Å²) in [5.74, 6) is 0.591. The molecule has 1 fully saturated rings. The fourth-order valence-electron chi connectivity index (χ4n) is 5.59. The first-order valence-electron chi connectivity index (χ1n) is 12.6. The fraction of sp³-hybridized carbons (Fsp3) is 0.345. The molecule has 1 N–H and O–H groups in total. The van der Waals surface area contributed by atoms with E-state index in [2.05, 4.69) is 51.6 Å². The van der Waals surface area contributed by atoms with Crippen molar-refractivity contribution in [3.05, 3.63) is 88.6 Å². The Morgan fingerprint density at radius 1 is 0.971 bits per heavy atom. The van der Waals surface area contributed by atoms with Crippen LogP contribution in [0.5, 0.6) is 0 Å². The predicted molar refractivity (Wildman–Crippen MR) is 136 cm³/mol. The summed E-state index contributed by atoms with van der Waals surface area (Å²) in [5.41, 5.74) is 7.39. The van der Waals surface area contributed by atoms with Crippen LogP contribution in [0.25, 0.3) is 0 Å². The molecule has 2 aromatic carbocycles. The Bertz CT molecular complexity index is 1270. The Balaban J connectivity index is 1.04. The first kappa shape index (κ1) is 21.8. The molecule has 3 aromatic rings. The summed E-state index contributed by atoms with van der Waals surface area (Å²) in [6.45, 7) is 2.68. The highest BCUT2D eigenvalue weighted by atomic mass is 16.2. The number of anilines is 2. The lowest BCUT2D eigenvalue weighted by molar-refractivity contribution is -0.126. The minimum absolute atomic E-state index is 0.0252. The summed E-state index contributed by atoms with van der Waals surface area (Å²) in [4.78, 5) is 34.2. The summed E-state index contributed by atoms with van der Waals surface area (Å²) in [6.07, 6.45) is 6.50. The van der Waals surface area contributed by atoms with Gasteiger partial charge in [0.25, 0.3) is 0 Å². The lowest BCUT2D eigenvalue weighted by Gasteiger charge is -2.29. The summed E-state index contributed by atoms with van der Waals surface area (Å²) in [7, 11) is 0. The molecule has 178 valence electrons. The summed E-state index contributed by atoms with van der Waals surface area (Å²) >= 11 is 0. The molecule has 0 spiro atoms. The maximum Gasteiger partial charge on any atom is 0.227 e. The lowest BCUT2D eigenvalue weighted by Crippen LogP contribution is -2.33. The van der Waals surface area contributed by atoms with E-state index in [0.717, 1.165) is 49.4 Å². The minimum atomic E-state index is -0.323. The van der Waals surface area contributed by atoms with E-state index in [1.165, 1.54) is 28.7 Å². The van der Waals surface area contributed by atoms with E-state index in [1.54, 1.807) is 4.90 Å². The molecule has 0 saturated carbocycles. The van der Waals surface area contributed by atoms with Gasteiger partial charge in [0, 0.05) is 44.5 Å². The van der Waals surface area contributed by atoms with Gasteiger partial charge in [-0.2, -0.15) is 0 Å². The van der Waals surface area contributed by atoms with Crippen molar-refractivity contribution in [2.45, 2.75) is 45.2 Å². The zero-order valence-electron chi connectivity index (χ0n) is 19.9. The van der Waals surface area contributed by atoms with Gasteiger partial charge in [-0.3, -0.25) is 9.59 Å². The number of hydrogen-bond donors (Lipinski definition) is 1. The quantitative estimate of drug-likeness (QED) is 0.621. The zero-order chi connectivity index (χ0) is 23.8. The Morgan fingerprint density at radius 3 is 2.66 bits per heavy atom. The van der Waals surface area contributed by atoms with Gasteiger partial charge >= 0.3 is 0 Å². The number of nitrogens with zero attached hydrogens (tertiary/aromatic N) is 3. The van der Waals surface area contributed by atoms with Gasteiger partial charge in [-0.25, -0.2) is 4.98 Å². The molecule has 3 aliphatic rings. The maximum atomic E-state index is 12.8. The van der Waals surface area contributed by atoms with Gasteiger partial charge in [0.05, 0.1) is 5.92 Å². The highest BCUT2D eigenvalue weighted by Gasteiger charge is 2.35. The molecule has 35 heavy (non-hydrogen) atoms. The average molecular weight is 467 g/mol. The topological polar surface area (TPSA) is 65.5 Å². The van der Waals surface area contributed by atoms with Gasteiger partial charge < -0.3 is 15.1 Å². The van der Waals surface area contributed by atoms with E-state index in [0.29, 0.717) is 13.1 Å². The number of carbonyl (C=O) groups excluding carboxylic acids is 2. The van der Waals surface area contributed by atoms with Crippen molar-refractivity contribution in [2.24, 2.45) is 5.92 Å². The van der Waals surface area contributed by atoms with Crippen molar-refractivity contribution in [1.82, 2.24) is 10.3 Å². The van der Waals surface area contributed by atoms with E-state index in [9.17, 15) is 9.59 Å². The second-order valence-corrected chi connectivity index (χ2v) is 9.89. The lowest BCUT2D eigenvalue weighted by atomic mass is 10.00. The van der Waals surface area contributed by atoms with Crippen molar-refractivity contribution in [3.63, 3.8) is 0 Å². The SMILES string of the molecule is O=C(NCc1ccc(N2CCc3ccccc3C2)nc1)C1CC(=O)N(c2ccc3c(c2)CCC3)C1. The molecule has 2 amide bonds. The number of benzene rings is 2. The number of rotatable bonds is 5. The first-order chi connectivity index (χ1) is 17.1. The van der Waals surface area contributed by atoms with Crippen molar-refractivity contribution >= 4 is 23.3 Å². The third kappa shape index (κ3) is 4.41. The molecule has 6 heteroatoms. The summed E-state index contributed by atoms with van der Waals surface area (Å²) in [5, 5.41) is 3.02. The second-order valence-electron chi connectivity index (χ2n) is 9.89. The fourth-order valence-corrected chi connectivity index (χ4v) is 5.59. The Labute approximate surface area is 206 Å². The van der Waals surface area contributed by atoms with Crippen molar-refractivity contribution in [1.29, 1.82) is 0 Å². The molecule has 1 aromatic heterocycles. The van der Waals surface area contributed by atoms with Crippen LogP contribution >= 0.6 is 0 Å². The summed E-state index contributed by atoms with van der Waals surface area (Å²) < 4.78 is 0. The molecule has 1 atom stereocenters. The molecular formula is C29H30N4O2. The van der Waals surface area contributed by atoms with Crippen LogP contribution in [0.2, 0.25) is 0 Å². The van der Waals surface area contributed by atoms with E-state index < -0.39 is 0 Å². The molecule has 2 aliphatic heterocycles. The Kier molecular flexibility index (Phi) is 5.72. The number of aryl methyl sites for hydroxylation is 2. The highest BCUT2D eigenvalue weighted by Crippen LogP contribution is 2.30. The number of aromatic nitrogens is 1. The van der Waals surface area contributed by atoms with Gasteiger partial charge in [0.1, 0.15) is 5.82 Å². The first-order valence-corrected chi connectivity index (χ1v) is 12.6. The van der Waals surface area contributed by atoms with E-state index in [-0.39, 0.29) is 24.2 Å². The minimum Gasteiger partial charge on any atom is -0.352 e. The van der Waals surface area contributed by atoms with Gasteiger partial charge in [-0.05, 0) is 71.7 Å². The van der Waals surface area contributed by atoms with Crippen molar-refractivity contribution < 1.29 is 9.59 Å². The molecule has 0 radical (unpaired) electrons. The van der Waals surface area contributed by atoms with Crippen LogP contribution < -0.4 is 15.1 Å². The Hall–Kier alpha value is -3.67. The molecule has 1 saturated heterocycles. The maximum absolute atomic E-state index is 12.8. The second kappa shape index (κ2) is 9.17. The van der Waals surface area contributed by atoms with Crippen LogP contribution in [0.15, 0.2) is 60.8 Å². The molecule has 6 nitrogen and oxygen atoms in total. The number of carbonyl (C=O) groups is 2. The zero-order valence-corrected chi connectivity index (χ0v) is 19.9. The molecule has 6 rings (SSSR count). The predicted octanol–water partition coefficient (Wildman–Crippen LogP) is 3.80. The average Bonchev–Trinajstić information content (AvgIpc) is 3.53. The monoisotopic (exact) mass is 466 g/mol. The normalized spacial score (nSPS) is 19.0. The van der Waals surface area contributed by atoms with Gasteiger partial charge in [-0.15, -0.1) is 0 Å².